The van der Waals surface area contributed by atoms with Crippen LogP contribution >= 0.6 is 15.9 Å². The van der Waals surface area contributed by atoms with Crippen LogP contribution in [-0.4, -0.2) is 12.1 Å². The average Bonchev–Trinajstić information content (AvgIpc) is 2.44. The van der Waals surface area contributed by atoms with Crippen LogP contribution in [0.4, 0.5) is 0 Å². The number of Topliss-reactive ketones (excluding diaryl/α,β-unsaturated/α-hetero) is 1. The van der Waals surface area contributed by atoms with E-state index in [9.17, 15) is 9.59 Å². The molecule has 2 rings (SSSR count). The van der Waals surface area contributed by atoms with Gasteiger partial charge in [-0.25, -0.2) is 0 Å². The summed E-state index contributed by atoms with van der Waals surface area (Å²) in [7, 11) is 0. The molecule has 2 nitrogen and oxygen atoms in total. The van der Waals surface area contributed by atoms with E-state index in [0.29, 0.717) is 12.0 Å². The zero-order valence-electron chi connectivity index (χ0n) is 6.79. The summed E-state index contributed by atoms with van der Waals surface area (Å²) in [5.41, 5.74) is 1.66. The highest BCUT2D eigenvalue weighted by atomic mass is 79.9. The van der Waals surface area contributed by atoms with Gasteiger partial charge in [0.25, 0.3) is 0 Å². The second-order valence-electron chi connectivity index (χ2n) is 3.11. The SMILES string of the molecule is O=CC1Cc2ccc(Br)cc2C1=O. The maximum absolute atomic E-state index is 11.5. The molecule has 0 amide bonds. The normalized spacial score (nSPS) is 20.1. The molecule has 0 aromatic heterocycles. The van der Waals surface area contributed by atoms with E-state index in [4.69, 9.17) is 0 Å². The van der Waals surface area contributed by atoms with Crippen molar-refractivity contribution in [3.63, 3.8) is 0 Å². The van der Waals surface area contributed by atoms with Crippen molar-refractivity contribution in [2.24, 2.45) is 5.92 Å². The van der Waals surface area contributed by atoms with Crippen LogP contribution < -0.4 is 0 Å². The molecule has 1 aliphatic rings. The minimum Gasteiger partial charge on any atom is -0.303 e. The van der Waals surface area contributed by atoms with Gasteiger partial charge < -0.3 is 4.79 Å². The van der Waals surface area contributed by atoms with Gasteiger partial charge in [-0.1, -0.05) is 22.0 Å². The number of carbonyl (C=O) groups excluding carboxylic acids is 2. The molecule has 0 bridgehead atoms. The topological polar surface area (TPSA) is 34.1 Å². The standard InChI is InChI=1S/C10H7BrO2/c11-8-2-1-6-3-7(5-12)10(13)9(6)4-8/h1-2,4-5,7H,3H2. The monoisotopic (exact) mass is 238 g/mol. The minimum absolute atomic E-state index is 0.0497. The van der Waals surface area contributed by atoms with Crippen molar-refractivity contribution in [2.75, 3.05) is 0 Å². The molecule has 1 aromatic rings. The minimum atomic E-state index is -0.454. The zero-order chi connectivity index (χ0) is 9.42. The molecule has 3 heteroatoms. The number of aldehydes is 1. The van der Waals surface area contributed by atoms with Gasteiger partial charge in [-0.2, -0.15) is 0 Å². The first kappa shape index (κ1) is 8.63. The first-order chi connectivity index (χ1) is 6.22. The van der Waals surface area contributed by atoms with Crippen LogP contribution in [0.25, 0.3) is 0 Å². The number of ketones is 1. The van der Waals surface area contributed by atoms with Crippen molar-refractivity contribution in [3.05, 3.63) is 33.8 Å². The van der Waals surface area contributed by atoms with Gasteiger partial charge in [0.2, 0.25) is 0 Å². The van der Waals surface area contributed by atoms with Crippen molar-refractivity contribution in [1.82, 2.24) is 0 Å². The Kier molecular flexibility index (Phi) is 2.04. The number of benzene rings is 1. The number of rotatable bonds is 1. The van der Waals surface area contributed by atoms with Gasteiger partial charge in [0.15, 0.2) is 5.78 Å². The fraction of sp³-hybridized carbons (Fsp3) is 0.200. The van der Waals surface area contributed by atoms with E-state index in [1.165, 1.54) is 0 Å². The van der Waals surface area contributed by atoms with E-state index in [2.05, 4.69) is 15.9 Å². The number of hydrogen-bond acceptors (Lipinski definition) is 2. The van der Waals surface area contributed by atoms with Crippen LogP contribution in [0, 0.1) is 5.92 Å². The molecule has 66 valence electrons. The maximum atomic E-state index is 11.5. The van der Waals surface area contributed by atoms with E-state index in [1.54, 1.807) is 6.07 Å². The van der Waals surface area contributed by atoms with Gasteiger partial charge >= 0.3 is 0 Å². The summed E-state index contributed by atoms with van der Waals surface area (Å²) in [6, 6.07) is 5.56. The molecule has 0 radical (unpaired) electrons. The molecule has 1 atom stereocenters. The van der Waals surface area contributed by atoms with Gasteiger partial charge in [-0.3, -0.25) is 4.79 Å². The summed E-state index contributed by atoms with van der Waals surface area (Å²) >= 11 is 3.29. The second kappa shape index (κ2) is 3.07. The highest BCUT2D eigenvalue weighted by molar-refractivity contribution is 9.10. The first-order valence-electron chi connectivity index (χ1n) is 4.00. The third-order valence-corrected chi connectivity index (χ3v) is 2.77. The largest absolute Gasteiger partial charge is 0.303 e. The Bertz CT molecular complexity index is 385. The molecule has 13 heavy (non-hydrogen) atoms. The van der Waals surface area contributed by atoms with E-state index in [-0.39, 0.29) is 5.78 Å². The second-order valence-corrected chi connectivity index (χ2v) is 4.03. The molecule has 1 aliphatic carbocycles. The Morgan fingerprint density at radius 2 is 2.23 bits per heavy atom. The predicted octanol–water partition coefficient (Wildman–Crippen LogP) is 2.00. The van der Waals surface area contributed by atoms with Gasteiger partial charge in [0, 0.05) is 10.0 Å². The summed E-state index contributed by atoms with van der Waals surface area (Å²) in [5, 5.41) is 0. The lowest BCUT2D eigenvalue weighted by molar-refractivity contribution is -0.109. The third-order valence-electron chi connectivity index (χ3n) is 2.28. The molecule has 1 unspecified atom stereocenters. The van der Waals surface area contributed by atoms with E-state index in [0.717, 1.165) is 16.3 Å². The first-order valence-corrected chi connectivity index (χ1v) is 4.79. The van der Waals surface area contributed by atoms with Crippen molar-refractivity contribution in [2.45, 2.75) is 6.42 Å². The Morgan fingerprint density at radius 1 is 1.46 bits per heavy atom. The number of fused-ring (bicyclic) bond motifs is 1. The Balaban J connectivity index is 2.50. The molecular formula is C10H7BrO2. The van der Waals surface area contributed by atoms with E-state index >= 15 is 0 Å². The van der Waals surface area contributed by atoms with Crippen LogP contribution in [0.2, 0.25) is 0 Å². The number of carbonyl (C=O) groups is 2. The highest BCUT2D eigenvalue weighted by Gasteiger charge is 2.29. The van der Waals surface area contributed by atoms with Crippen molar-refractivity contribution < 1.29 is 9.59 Å². The van der Waals surface area contributed by atoms with Crippen LogP contribution in [0.3, 0.4) is 0 Å². The van der Waals surface area contributed by atoms with Gasteiger partial charge in [-0.05, 0) is 24.1 Å². The van der Waals surface area contributed by atoms with Crippen LogP contribution in [0.15, 0.2) is 22.7 Å². The van der Waals surface area contributed by atoms with Crippen LogP contribution in [0.5, 0.6) is 0 Å². The maximum Gasteiger partial charge on any atom is 0.173 e. The van der Waals surface area contributed by atoms with Crippen molar-refractivity contribution in [1.29, 1.82) is 0 Å². The predicted molar refractivity (Wildman–Crippen MR) is 51.7 cm³/mol. The molecule has 0 N–H and O–H groups in total. The zero-order valence-corrected chi connectivity index (χ0v) is 8.37. The van der Waals surface area contributed by atoms with Gasteiger partial charge in [0.1, 0.15) is 6.29 Å². The molecular weight excluding hydrogens is 232 g/mol. The lowest BCUT2D eigenvalue weighted by Crippen LogP contribution is -2.09. The Hall–Kier alpha value is -0.960. The molecule has 0 aliphatic heterocycles. The summed E-state index contributed by atoms with van der Waals surface area (Å²) in [4.78, 5) is 22.1. The van der Waals surface area contributed by atoms with Crippen LogP contribution in [0.1, 0.15) is 15.9 Å². The van der Waals surface area contributed by atoms with Crippen LogP contribution in [-0.2, 0) is 11.2 Å². The molecule has 0 heterocycles. The number of hydrogen-bond donors (Lipinski definition) is 0. The summed E-state index contributed by atoms with van der Waals surface area (Å²) in [5.74, 6) is -0.504. The average molecular weight is 239 g/mol. The lowest BCUT2D eigenvalue weighted by Gasteiger charge is -1.96. The van der Waals surface area contributed by atoms with E-state index in [1.807, 2.05) is 12.1 Å². The fourth-order valence-electron chi connectivity index (χ4n) is 1.60. The van der Waals surface area contributed by atoms with E-state index < -0.39 is 5.92 Å². The molecule has 0 spiro atoms. The van der Waals surface area contributed by atoms with Gasteiger partial charge in [-0.15, -0.1) is 0 Å². The molecule has 0 saturated heterocycles. The Morgan fingerprint density at radius 3 is 2.92 bits per heavy atom. The summed E-state index contributed by atoms with van der Waals surface area (Å²) < 4.78 is 0.881. The fourth-order valence-corrected chi connectivity index (χ4v) is 1.96. The third kappa shape index (κ3) is 1.33. The van der Waals surface area contributed by atoms with Crippen molar-refractivity contribution >= 4 is 28.0 Å². The smallest absolute Gasteiger partial charge is 0.173 e. The highest BCUT2D eigenvalue weighted by Crippen LogP contribution is 2.27. The van der Waals surface area contributed by atoms with Gasteiger partial charge in [0.05, 0.1) is 5.92 Å². The molecule has 1 aromatic carbocycles. The molecule has 0 saturated carbocycles. The molecule has 0 fully saturated rings. The number of halogens is 1. The Labute approximate surface area is 84.1 Å². The van der Waals surface area contributed by atoms with Crippen molar-refractivity contribution in [3.8, 4) is 0 Å². The summed E-state index contributed by atoms with van der Waals surface area (Å²) in [6.45, 7) is 0. The summed E-state index contributed by atoms with van der Waals surface area (Å²) in [6.07, 6.45) is 1.29. The quantitative estimate of drug-likeness (QED) is 0.554. The lowest BCUT2D eigenvalue weighted by atomic mass is 10.1.